The Kier molecular flexibility index (Phi) is 16.5. The first kappa shape index (κ1) is 27.0. The number of nitrogens with two attached hydrogens (primary N) is 2. The van der Waals surface area contributed by atoms with Gasteiger partial charge in [-0.25, -0.2) is 0 Å². The molecule has 0 aromatic rings. The van der Waals surface area contributed by atoms with Crippen molar-refractivity contribution in [3.05, 3.63) is 0 Å². The molecule has 0 aliphatic carbocycles. The summed E-state index contributed by atoms with van der Waals surface area (Å²) in [5, 5.41) is 27.8. The molecule has 11 heteroatoms. The third-order valence-corrected chi connectivity index (χ3v) is 3.10. The number of halogens is 4. The minimum atomic E-state index is -1.63. The molecule has 109 valence electrons. The van der Waals surface area contributed by atoms with Gasteiger partial charge in [-0.15, -0.1) is 0 Å². The van der Waals surface area contributed by atoms with Crippen molar-refractivity contribution in [2.45, 2.75) is 28.5 Å². The van der Waals surface area contributed by atoms with E-state index in [4.69, 9.17) is 21.3 Å². The second-order valence-electron chi connectivity index (χ2n) is 3.00. The predicted molar refractivity (Wildman–Crippen MR) is 38.9 cm³/mol. The van der Waals surface area contributed by atoms with E-state index in [2.05, 4.69) is 0 Å². The number of rotatable bonds is 1. The summed E-state index contributed by atoms with van der Waals surface area (Å²) in [6.45, 7) is -0.409. The van der Waals surface area contributed by atoms with Crippen LogP contribution in [0.4, 0.5) is 0 Å². The Balaban J connectivity index is -0.000000211. The van der Waals surface area contributed by atoms with E-state index in [-0.39, 0.29) is 49.6 Å². The van der Waals surface area contributed by atoms with Crippen molar-refractivity contribution in [3.63, 3.8) is 0 Å². The van der Waals surface area contributed by atoms with Gasteiger partial charge in [-0.3, -0.25) is 0 Å². The molecule has 5 atom stereocenters. The van der Waals surface area contributed by atoms with Gasteiger partial charge in [0.2, 0.25) is 0 Å². The van der Waals surface area contributed by atoms with E-state index in [9.17, 15) is 10.2 Å². The number of aliphatic hydroxyl groups is 3. The summed E-state index contributed by atoms with van der Waals surface area (Å²) in [6, 6.07) is -1.69. The van der Waals surface area contributed by atoms with Crippen LogP contribution in [-0.4, -0.2) is 50.4 Å². The van der Waals surface area contributed by atoms with E-state index >= 15 is 0 Å². The Labute approximate surface area is 135 Å². The molecule has 0 aromatic carbocycles. The molecular weight excluding hydrogens is 501 g/mol. The third-order valence-electron chi connectivity index (χ3n) is 2.07. The number of ether oxygens (including phenoxy) is 1. The summed E-state index contributed by atoms with van der Waals surface area (Å²) in [5.74, 6) is 0. The molecule has 0 amide bonds. The molecule has 6 nitrogen and oxygen atoms in total. The summed E-state index contributed by atoms with van der Waals surface area (Å²) < 4.78 is 3.32. The summed E-state index contributed by atoms with van der Waals surface area (Å²) in [5.41, 5.74) is 11.0. The summed E-state index contributed by atoms with van der Waals surface area (Å²) >= 11 is 1.57. The smallest absolute Gasteiger partial charge is 1.00 e. The fourth-order valence-electron chi connectivity index (χ4n) is 1.18. The van der Waals surface area contributed by atoms with Crippen molar-refractivity contribution in [1.82, 2.24) is 0 Å². The van der Waals surface area contributed by atoms with Gasteiger partial charge in [-0.2, -0.15) is 0 Å². The molecule has 0 saturated carbocycles. The van der Waals surface area contributed by atoms with Gasteiger partial charge in [0, 0.05) is 0 Å². The first-order chi connectivity index (χ1) is 5.90. The first-order valence-corrected chi connectivity index (χ1v) is 4.90. The van der Waals surface area contributed by atoms with Crippen molar-refractivity contribution >= 4 is 0 Å². The topological polar surface area (TPSA) is 122 Å². The number of hydrogen-bond acceptors (Lipinski definition) is 6. The number of aliphatic hydroxyl groups excluding tert-OH is 2. The van der Waals surface area contributed by atoms with Crippen LogP contribution < -0.4 is 61.1 Å². The zero-order valence-electron chi connectivity index (χ0n) is 8.25. The van der Waals surface area contributed by atoms with Crippen LogP contribution in [-0.2, 0) is 24.6 Å². The SMILES string of the molecule is N[C@H]1[C@H](O)[C@@H](CO)O[C@@](O)([Pt+4])[C@@H]1N.[Cl-].[Cl-].[Cl-].[Cl-]. The zero-order valence-corrected chi connectivity index (χ0v) is 13.5. The quantitative estimate of drug-likeness (QED) is 0.237. The van der Waals surface area contributed by atoms with Crippen molar-refractivity contribution < 1.29 is 89.5 Å². The Morgan fingerprint density at radius 1 is 1.18 bits per heavy atom. The molecule has 1 aliphatic rings. The second-order valence-corrected chi connectivity index (χ2v) is 4.63. The molecule has 0 spiro atoms. The van der Waals surface area contributed by atoms with E-state index in [0.717, 1.165) is 0 Å². The van der Waals surface area contributed by atoms with Gasteiger partial charge in [0.25, 0.3) is 0 Å². The molecule has 1 fully saturated rings. The van der Waals surface area contributed by atoms with Crippen LogP contribution in [0.25, 0.3) is 0 Å². The van der Waals surface area contributed by atoms with Gasteiger partial charge < -0.3 is 49.6 Å². The molecule has 7 N–H and O–H groups in total. The van der Waals surface area contributed by atoms with Crippen molar-refractivity contribution in [2.75, 3.05) is 6.61 Å². The molecule has 1 heterocycles. The fourth-order valence-corrected chi connectivity index (χ4v) is 1.96. The van der Waals surface area contributed by atoms with E-state index in [1.807, 2.05) is 0 Å². The average molecular weight is 514 g/mol. The van der Waals surface area contributed by atoms with Crippen LogP contribution in [0.3, 0.4) is 0 Å². The minimum absolute atomic E-state index is 0. The molecule has 1 rings (SSSR count). The third kappa shape index (κ3) is 6.06. The minimum Gasteiger partial charge on any atom is -1.00 e. The standard InChI is InChI=1S/C6H13N2O4.4ClH.Pt/c7-3-4(8)6(11)12-2(1-9)5(3)10;;;;;/h2-5,9-11H,1,7-8H2;4*1H;/q;;;;;+4/p-4/t2-,3-,4-,5-;;;;;/m1...../s1. The van der Waals surface area contributed by atoms with Crippen LogP contribution in [0.5, 0.6) is 0 Å². The molecule has 0 aromatic heterocycles. The number of hydrogen-bond donors (Lipinski definition) is 5. The maximum atomic E-state index is 9.57. The van der Waals surface area contributed by atoms with Gasteiger partial charge in [-0.1, -0.05) is 0 Å². The zero-order chi connectivity index (χ0) is 10.2. The van der Waals surface area contributed by atoms with Gasteiger partial charge in [0.1, 0.15) is 0 Å². The maximum absolute atomic E-state index is 9.57. The van der Waals surface area contributed by atoms with Gasteiger partial charge >= 0.3 is 86.4 Å². The van der Waals surface area contributed by atoms with E-state index in [0.29, 0.717) is 0 Å². The Morgan fingerprint density at radius 2 is 1.59 bits per heavy atom. The van der Waals surface area contributed by atoms with Crippen molar-refractivity contribution in [2.24, 2.45) is 11.5 Å². The normalized spacial score (nSPS) is 39.8. The molecule has 1 saturated heterocycles. The monoisotopic (exact) mass is 512 g/mol. The van der Waals surface area contributed by atoms with Crippen LogP contribution in [0.1, 0.15) is 0 Å². The Morgan fingerprint density at radius 3 is 1.94 bits per heavy atom. The Hall–Kier alpha value is 1.61. The maximum Gasteiger partial charge on any atom is -1.00 e. The van der Waals surface area contributed by atoms with Crippen LogP contribution in [0.2, 0.25) is 0 Å². The second kappa shape index (κ2) is 10.4. The summed E-state index contributed by atoms with van der Waals surface area (Å²) in [4.78, 5) is 0. The molecule has 1 aliphatic heterocycles. The van der Waals surface area contributed by atoms with Gasteiger partial charge in [-0.05, 0) is 0 Å². The van der Waals surface area contributed by atoms with E-state index < -0.39 is 35.1 Å². The largest absolute Gasteiger partial charge is 1.00 e. The van der Waals surface area contributed by atoms with Crippen LogP contribution >= 0.6 is 0 Å². The van der Waals surface area contributed by atoms with Gasteiger partial charge in [0.05, 0.1) is 0 Å². The van der Waals surface area contributed by atoms with Crippen LogP contribution in [0.15, 0.2) is 0 Å². The summed E-state index contributed by atoms with van der Waals surface area (Å²) in [6.07, 6.45) is -1.95. The molecule has 0 radical (unpaired) electrons. The van der Waals surface area contributed by atoms with Gasteiger partial charge in [0.15, 0.2) is 0 Å². The van der Waals surface area contributed by atoms with Crippen molar-refractivity contribution in [1.29, 1.82) is 0 Å². The average Bonchev–Trinajstić information content (AvgIpc) is 2.08. The van der Waals surface area contributed by atoms with E-state index in [1.165, 1.54) is 0 Å². The molecule has 0 bridgehead atoms. The fraction of sp³-hybridized carbons (Fsp3) is 1.00. The summed E-state index contributed by atoms with van der Waals surface area (Å²) in [7, 11) is 0. The molecule has 17 heavy (non-hydrogen) atoms. The first-order valence-electron chi connectivity index (χ1n) is 3.76. The van der Waals surface area contributed by atoms with Crippen LogP contribution in [0, 0.1) is 0 Å². The van der Waals surface area contributed by atoms with Crippen molar-refractivity contribution in [3.8, 4) is 0 Å². The molecular formula is C6H13Cl4N2O4Pt. The Bertz CT molecular complexity index is 203. The predicted octanol–water partition coefficient (Wildman–Crippen LogP) is -15.4. The molecule has 0 unspecified atom stereocenters. The van der Waals surface area contributed by atoms with E-state index in [1.54, 1.807) is 19.8 Å².